The normalized spacial score (nSPS) is 18.2. The molecule has 1 amide bonds. The molecule has 0 radical (unpaired) electrons. The molecule has 2 aromatic rings. The number of nitrogens with zero attached hydrogens (tertiary/aromatic N) is 3. The summed E-state index contributed by atoms with van der Waals surface area (Å²) in [5.74, 6) is 1.53. The van der Waals surface area contributed by atoms with Gasteiger partial charge in [-0.25, -0.2) is 0 Å². The molecule has 0 aliphatic carbocycles. The smallest absolute Gasteiger partial charge is 0.249 e. The van der Waals surface area contributed by atoms with Crippen molar-refractivity contribution in [2.24, 2.45) is 5.92 Å². The summed E-state index contributed by atoms with van der Waals surface area (Å²) in [6.45, 7) is 4.87. The van der Waals surface area contributed by atoms with Gasteiger partial charge < -0.3 is 9.42 Å². The predicted molar refractivity (Wildman–Crippen MR) is 92.5 cm³/mol. The van der Waals surface area contributed by atoms with Gasteiger partial charge in [-0.3, -0.25) is 4.79 Å². The molecule has 1 aromatic carbocycles. The van der Waals surface area contributed by atoms with Crippen LogP contribution >= 0.6 is 11.6 Å². The van der Waals surface area contributed by atoms with Gasteiger partial charge in [0.05, 0.1) is 0 Å². The van der Waals surface area contributed by atoms with E-state index in [0.29, 0.717) is 29.1 Å². The molecule has 1 aliphatic heterocycles. The van der Waals surface area contributed by atoms with E-state index in [9.17, 15) is 4.79 Å². The Labute approximate surface area is 147 Å². The third-order valence-corrected chi connectivity index (χ3v) is 4.45. The average molecular weight is 348 g/mol. The lowest BCUT2D eigenvalue weighted by Crippen LogP contribution is -2.39. The molecule has 1 fully saturated rings. The van der Waals surface area contributed by atoms with Crippen LogP contribution in [0.1, 0.15) is 51.5 Å². The van der Waals surface area contributed by atoms with Crippen LogP contribution in [0, 0.1) is 5.92 Å². The van der Waals surface area contributed by atoms with Crippen LogP contribution in [-0.4, -0.2) is 27.5 Å². The highest BCUT2D eigenvalue weighted by atomic mass is 35.5. The number of rotatable bonds is 4. The molecule has 6 heteroatoms. The highest BCUT2D eigenvalue weighted by Crippen LogP contribution is 2.32. The average Bonchev–Trinajstić information content (AvgIpc) is 3.04. The van der Waals surface area contributed by atoms with Crippen molar-refractivity contribution in [2.45, 2.75) is 45.6 Å². The summed E-state index contributed by atoms with van der Waals surface area (Å²) in [5.41, 5.74) is 0.813. The maximum Gasteiger partial charge on any atom is 0.249 e. The fourth-order valence-corrected chi connectivity index (χ4v) is 3.26. The molecule has 1 atom stereocenters. The molecule has 0 saturated carbocycles. The molecule has 1 unspecified atom stereocenters. The molecular formula is C18H22ClN3O2. The van der Waals surface area contributed by atoms with Gasteiger partial charge in [0, 0.05) is 23.6 Å². The minimum absolute atomic E-state index is 0.120. The number of hydrogen-bond donors (Lipinski definition) is 0. The Morgan fingerprint density at radius 1 is 1.42 bits per heavy atom. The number of piperidine rings is 1. The van der Waals surface area contributed by atoms with E-state index in [2.05, 4.69) is 24.0 Å². The van der Waals surface area contributed by atoms with E-state index in [1.165, 1.54) is 0 Å². The lowest BCUT2D eigenvalue weighted by Gasteiger charge is -2.33. The molecule has 24 heavy (non-hydrogen) atoms. The summed E-state index contributed by atoms with van der Waals surface area (Å²) in [6, 6.07) is 7.24. The second kappa shape index (κ2) is 7.34. The van der Waals surface area contributed by atoms with Crippen molar-refractivity contribution >= 4 is 17.5 Å². The molecule has 1 aromatic heterocycles. The van der Waals surface area contributed by atoms with Crippen LogP contribution in [0.4, 0.5) is 0 Å². The van der Waals surface area contributed by atoms with Crippen molar-refractivity contribution in [1.82, 2.24) is 15.0 Å². The van der Waals surface area contributed by atoms with E-state index < -0.39 is 0 Å². The van der Waals surface area contributed by atoms with Crippen LogP contribution in [0.15, 0.2) is 28.8 Å². The second-order valence-corrected chi connectivity index (χ2v) is 7.10. The SMILES string of the molecule is CC(C)CC(=O)N1CCCCC1c1nc(-c2cccc(Cl)c2)no1. The third-order valence-electron chi connectivity index (χ3n) is 4.22. The first-order valence-corrected chi connectivity index (χ1v) is 8.81. The van der Waals surface area contributed by atoms with E-state index in [0.717, 1.165) is 31.4 Å². The topological polar surface area (TPSA) is 59.2 Å². The van der Waals surface area contributed by atoms with Crippen LogP contribution in [-0.2, 0) is 4.79 Å². The van der Waals surface area contributed by atoms with Crippen LogP contribution in [0.2, 0.25) is 5.02 Å². The zero-order chi connectivity index (χ0) is 17.1. The highest BCUT2D eigenvalue weighted by Gasteiger charge is 2.32. The molecule has 3 rings (SSSR count). The maximum absolute atomic E-state index is 12.5. The highest BCUT2D eigenvalue weighted by molar-refractivity contribution is 6.30. The van der Waals surface area contributed by atoms with E-state index in [4.69, 9.17) is 16.1 Å². The Balaban J connectivity index is 1.83. The van der Waals surface area contributed by atoms with Gasteiger partial charge >= 0.3 is 0 Å². The second-order valence-electron chi connectivity index (χ2n) is 6.66. The van der Waals surface area contributed by atoms with Gasteiger partial charge in [-0.2, -0.15) is 4.98 Å². The molecule has 0 spiro atoms. The monoisotopic (exact) mass is 347 g/mol. The zero-order valence-corrected chi connectivity index (χ0v) is 14.8. The Hall–Kier alpha value is -1.88. The lowest BCUT2D eigenvalue weighted by atomic mass is 10.00. The molecule has 2 heterocycles. The van der Waals surface area contributed by atoms with Crippen molar-refractivity contribution in [2.75, 3.05) is 6.54 Å². The Morgan fingerprint density at radius 2 is 2.25 bits per heavy atom. The van der Waals surface area contributed by atoms with E-state index >= 15 is 0 Å². The number of carbonyl (C=O) groups excluding carboxylic acids is 1. The molecular weight excluding hydrogens is 326 g/mol. The largest absolute Gasteiger partial charge is 0.337 e. The first-order chi connectivity index (χ1) is 11.5. The summed E-state index contributed by atoms with van der Waals surface area (Å²) in [4.78, 5) is 19.0. The van der Waals surface area contributed by atoms with Gasteiger partial charge in [0.15, 0.2) is 0 Å². The maximum atomic E-state index is 12.5. The van der Waals surface area contributed by atoms with Crippen LogP contribution in [0.5, 0.6) is 0 Å². The number of carbonyl (C=O) groups is 1. The zero-order valence-electron chi connectivity index (χ0n) is 14.0. The quantitative estimate of drug-likeness (QED) is 0.817. The van der Waals surface area contributed by atoms with Gasteiger partial charge in [-0.15, -0.1) is 0 Å². The standard InChI is InChI=1S/C18H22ClN3O2/c1-12(2)10-16(23)22-9-4-3-8-15(22)18-20-17(21-24-18)13-6-5-7-14(19)11-13/h5-7,11-12,15H,3-4,8-10H2,1-2H3. The van der Waals surface area contributed by atoms with Gasteiger partial charge in [0.2, 0.25) is 17.6 Å². The minimum Gasteiger partial charge on any atom is -0.337 e. The number of hydrogen-bond acceptors (Lipinski definition) is 4. The van der Waals surface area contributed by atoms with Crippen molar-refractivity contribution in [3.05, 3.63) is 35.2 Å². The van der Waals surface area contributed by atoms with Crippen molar-refractivity contribution in [3.8, 4) is 11.4 Å². The van der Waals surface area contributed by atoms with E-state index in [1.54, 1.807) is 12.1 Å². The number of benzene rings is 1. The summed E-state index contributed by atoms with van der Waals surface area (Å²) >= 11 is 6.02. The summed E-state index contributed by atoms with van der Waals surface area (Å²) in [7, 11) is 0. The van der Waals surface area contributed by atoms with Gasteiger partial charge in [0.25, 0.3) is 0 Å². The first kappa shape index (κ1) is 17.0. The number of halogens is 1. The van der Waals surface area contributed by atoms with Gasteiger partial charge in [0.1, 0.15) is 6.04 Å². The molecule has 0 bridgehead atoms. The summed E-state index contributed by atoms with van der Waals surface area (Å²) in [5, 5.41) is 4.70. The van der Waals surface area contributed by atoms with Crippen LogP contribution in [0.25, 0.3) is 11.4 Å². The van der Waals surface area contributed by atoms with Crippen LogP contribution < -0.4 is 0 Å². The minimum atomic E-state index is -0.120. The van der Waals surface area contributed by atoms with Crippen molar-refractivity contribution in [1.29, 1.82) is 0 Å². The Kier molecular flexibility index (Phi) is 5.19. The predicted octanol–water partition coefficient (Wildman–Crippen LogP) is 4.49. The number of likely N-dealkylation sites (tertiary alicyclic amines) is 1. The van der Waals surface area contributed by atoms with E-state index in [-0.39, 0.29) is 11.9 Å². The summed E-state index contributed by atoms with van der Waals surface area (Å²) in [6.07, 6.45) is 3.49. The van der Waals surface area contributed by atoms with E-state index in [1.807, 2.05) is 17.0 Å². The van der Waals surface area contributed by atoms with Crippen molar-refractivity contribution < 1.29 is 9.32 Å². The van der Waals surface area contributed by atoms with Crippen LogP contribution in [0.3, 0.4) is 0 Å². The molecule has 1 saturated heterocycles. The third kappa shape index (κ3) is 3.78. The number of aromatic nitrogens is 2. The molecule has 0 N–H and O–H groups in total. The lowest BCUT2D eigenvalue weighted by molar-refractivity contribution is -0.136. The molecule has 5 nitrogen and oxygen atoms in total. The van der Waals surface area contributed by atoms with Gasteiger partial charge in [-0.1, -0.05) is 42.7 Å². The molecule has 128 valence electrons. The first-order valence-electron chi connectivity index (χ1n) is 8.43. The number of amides is 1. The molecule has 1 aliphatic rings. The Morgan fingerprint density at radius 3 is 3.00 bits per heavy atom. The van der Waals surface area contributed by atoms with Gasteiger partial charge in [-0.05, 0) is 37.3 Å². The van der Waals surface area contributed by atoms with Crippen molar-refractivity contribution in [3.63, 3.8) is 0 Å². The Bertz CT molecular complexity index is 714. The summed E-state index contributed by atoms with van der Waals surface area (Å²) < 4.78 is 5.49. The fourth-order valence-electron chi connectivity index (χ4n) is 3.07. The fraction of sp³-hybridized carbons (Fsp3) is 0.500.